The number of azo groups is 1. The number of aromatic amines is 1. The molecule has 0 aliphatic rings. The Balaban J connectivity index is 2.12. The largest absolute Gasteiger partial charge is 0.319 e. The van der Waals surface area contributed by atoms with Crippen LogP contribution in [-0.4, -0.2) is 4.98 Å². The number of pyridine rings is 1. The standard InChI is InChI=1S/C18H12N4O/c19-12-14-11-16(22-21-15-9-5-2-6-10-15)17(20-18(14)23)13-7-3-1-4-8-13/h1-11H,(H,20,23). The van der Waals surface area contributed by atoms with E-state index in [1.54, 1.807) is 0 Å². The highest BCUT2D eigenvalue weighted by Crippen LogP contribution is 2.29. The molecule has 0 spiro atoms. The molecule has 0 atom stereocenters. The summed E-state index contributed by atoms with van der Waals surface area (Å²) < 4.78 is 0. The summed E-state index contributed by atoms with van der Waals surface area (Å²) in [6.07, 6.45) is 0. The van der Waals surface area contributed by atoms with Crippen LogP contribution in [0.5, 0.6) is 0 Å². The van der Waals surface area contributed by atoms with E-state index in [1.807, 2.05) is 66.7 Å². The van der Waals surface area contributed by atoms with Gasteiger partial charge in [-0.2, -0.15) is 10.4 Å². The second-order valence-corrected chi connectivity index (χ2v) is 4.79. The zero-order valence-corrected chi connectivity index (χ0v) is 12.1. The molecule has 0 bridgehead atoms. The molecule has 0 unspecified atom stereocenters. The van der Waals surface area contributed by atoms with Crippen LogP contribution in [0.4, 0.5) is 11.4 Å². The predicted octanol–water partition coefficient (Wildman–Crippen LogP) is 4.33. The van der Waals surface area contributed by atoms with Crippen molar-refractivity contribution in [3.8, 4) is 17.3 Å². The maximum absolute atomic E-state index is 11.9. The highest BCUT2D eigenvalue weighted by molar-refractivity contribution is 5.72. The fraction of sp³-hybridized carbons (Fsp3) is 0. The van der Waals surface area contributed by atoms with E-state index in [0.717, 1.165) is 5.56 Å². The number of nitrogens with one attached hydrogen (secondary N) is 1. The molecule has 0 fully saturated rings. The van der Waals surface area contributed by atoms with Crippen LogP contribution in [0.25, 0.3) is 11.3 Å². The van der Waals surface area contributed by atoms with E-state index in [-0.39, 0.29) is 5.56 Å². The van der Waals surface area contributed by atoms with Crippen LogP contribution in [0.3, 0.4) is 0 Å². The van der Waals surface area contributed by atoms with E-state index in [0.29, 0.717) is 17.1 Å². The molecule has 1 N–H and O–H groups in total. The first-order valence-corrected chi connectivity index (χ1v) is 6.97. The van der Waals surface area contributed by atoms with Gasteiger partial charge in [-0.05, 0) is 18.2 Å². The van der Waals surface area contributed by atoms with Gasteiger partial charge in [-0.15, -0.1) is 5.11 Å². The zero-order chi connectivity index (χ0) is 16.1. The lowest BCUT2D eigenvalue weighted by Crippen LogP contribution is -2.10. The van der Waals surface area contributed by atoms with E-state index < -0.39 is 5.56 Å². The molecule has 0 saturated carbocycles. The van der Waals surface area contributed by atoms with Gasteiger partial charge in [0.2, 0.25) is 0 Å². The molecule has 1 aromatic heterocycles. The molecule has 1 heterocycles. The van der Waals surface area contributed by atoms with Crippen LogP contribution in [0.15, 0.2) is 81.8 Å². The van der Waals surface area contributed by atoms with Crippen LogP contribution < -0.4 is 5.56 Å². The maximum atomic E-state index is 11.9. The average Bonchev–Trinajstić information content (AvgIpc) is 2.62. The number of nitrogens with zero attached hydrogens (tertiary/aromatic N) is 3. The van der Waals surface area contributed by atoms with Crippen LogP contribution in [0, 0.1) is 11.3 Å². The van der Waals surface area contributed by atoms with E-state index in [2.05, 4.69) is 15.2 Å². The first-order valence-electron chi connectivity index (χ1n) is 6.97. The number of nitriles is 1. The minimum absolute atomic E-state index is 0.00620. The second-order valence-electron chi connectivity index (χ2n) is 4.79. The lowest BCUT2D eigenvalue weighted by Gasteiger charge is -2.05. The summed E-state index contributed by atoms with van der Waals surface area (Å²) in [5.41, 5.74) is 2.04. The van der Waals surface area contributed by atoms with Crippen molar-refractivity contribution in [3.63, 3.8) is 0 Å². The van der Waals surface area contributed by atoms with Crippen molar-refractivity contribution in [2.24, 2.45) is 10.2 Å². The van der Waals surface area contributed by atoms with Crippen molar-refractivity contribution in [2.45, 2.75) is 0 Å². The Hall–Kier alpha value is -3.52. The maximum Gasteiger partial charge on any atom is 0.266 e. The minimum Gasteiger partial charge on any atom is -0.319 e. The predicted molar refractivity (Wildman–Crippen MR) is 87.8 cm³/mol. The Kier molecular flexibility index (Phi) is 4.07. The van der Waals surface area contributed by atoms with Gasteiger partial charge in [-0.3, -0.25) is 4.79 Å². The molecule has 3 rings (SSSR count). The first-order chi connectivity index (χ1) is 11.3. The number of H-pyrrole nitrogens is 1. The molecule has 0 saturated heterocycles. The van der Waals surface area contributed by atoms with E-state index in [9.17, 15) is 4.79 Å². The highest BCUT2D eigenvalue weighted by atomic mass is 16.1. The van der Waals surface area contributed by atoms with Crippen LogP contribution in [-0.2, 0) is 0 Å². The Bertz CT molecular complexity index is 938. The first kappa shape index (κ1) is 14.4. The van der Waals surface area contributed by atoms with Crippen molar-refractivity contribution in [1.29, 1.82) is 5.26 Å². The summed E-state index contributed by atoms with van der Waals surface area (Å²) in [7, 11) is 0. The lowest BCUT2D eigenvalue weighted by atomic mass is 10.1. The molecule has 0 radical (unpaired) electrons. The van der Waals surface area contributed by atoms with Crippen molar-refractivity contribution in [3.05, 3.63) is 82.6 Å². The summed E-state index contributed by atoms with van der Waals surface area (Å²) in [5, 5.41) is 17.4. The molecule has 2 aromatic carbocycles. The van der Waals surface area contributed by atoms with Crippen molar-refractivity contribution >= 4 is 11.4 Å². The highest BCUT2D eigenvalue weighted by Gasteiger charge is 2.10. The van der Waals surface area contributed by atoms with Gasteiger partial charge in [-0.25, -0.2) is 0 Å². The van der Waals surface area contributed by atoms with Crippen LogP contribution in [0.1, 0.15) is 5.56 Å². The van der Waals surface area contributed by atoms with Crippen molar-refractivity contribution < 1.29 is 0 Å². The topological polar surface area (TPSA) is 81.4 Å². The number of rotatable bonds is 3. The Labute approximate surface area is 132 Å². The van der Waals surface area contributed by atoms with Gasteiger partial charge in [0, 0.05) is 5.56 Å². The Morgan fingerprint density at radius 3 is 2.22 bits per heavy atom. The van der Waals surface area contributed by atoms with Gasteiger partial charge < -0.3 is 4.98 Å². The normalized spacial score (nSPS) is 10.6. The molecule has 0 amide bonds. The summed E-state index contributed by atoms with van der Waals surface area (Å²) in [6.45, 7) is 0. The summed E-state index contributed by atoms with van der Waals surface area (Å²) in [4.78, 5) is 14.6. The molecular formula is C18H12N4O. The third kappa shape index (κ3) is 3.22. The molecule has 0 aliphatic heterocycles. The molecule has 5 nitrogen and oxygen atoms in total. The van der Waals surface area contributed by atoms with Crippen LogP contribution in [0.2, 0.25) is 0 Å². The molecule has 3 aromatic rings. The third-order valence-corrected chi connectivity index (χ3v) is 3.23. The van der Waals surface area contributed by atoms with E-state index in [4.69, 9.17) is 5.26 Å². The molecular weight excluding hydrogens is 288 g/mol. The SMILES string of the molecule is N#Cc1cc(N=Nc2ccccc2)c(-c2ccccc2)[nH]c1=O. The number of hydrogen-bond acceptors (Lipinski definition) is 4. The quantitative estimate of drug-likeness (QED) is 0.730. The van der Waals surface area contributed by atoms with Crippen molar-refractivity contribution in [1.82, 2.24) is 4.98 Å². The van der Waals surface area contributed by atoms with Crippen molar-refractivity contribution in [2.75, 3.05) is 0 Å². The molecule has 5 heteroatoms. The lowest BCUT2D eigenvalue weighted by molar-refractivity contribution is 1.16. The summed E-state index contributed by atoms with van der Waals surface area (Å²) >= 11 is 0. The summed E-state index contributed by atoms with van der Waals surface area (Å²) in [5.74, 6) is 0. The minimum atomic E-state index is -0.440. The third-order valence-electron chi connectivity index (χ3n) is 3.23. The summed E-state index contributed by atoms with van der Waals surface area (Å²) in [6, 6.07) is 21.9. The Morgan fingerprint density at radius 2 is 1.57 bits per heavy atom. The number of aromatic nitrogens is 1. The molecule has 0 aliphatic carbocycles. The monoisotopic (exact) mass is 300 g/mol. The number of benzene rings is 2. The average molecular weight is 300 g/mol. The zero-order valence-electron chi connectivity index (χ0n) is 12.1. The van der Waals surface area contributed by atoms with Gasteiger partial charge in [0.25, 0.3) is 5.56 Å². The van der Waals surface area contributed by atoms with Gasteiger partial charge >= 0.3 is 0 Å². The van der Waals surface area contributed by atoms with Crippen LogP contribution >= 0.6 is 0 Å². The molecule has 23 heavy (non-hydrogen) atoms. The Morgan fingerprint density at radius 1 is 0.913 bits per heavy atom. The number of hydrogen-bond donors (Lipinski definition) is 1. The van der Waals surface area contributed by atoms with E-state index >= 15 is 0 Å². The van der Waals surface area contributed by atoms with E-state index in [1.165, 1.54) is 6.07 Å². The van der Waals surface area contributed by atoms with Gasteiger partial charge in [0.15, 0.2) is 0 Å². The van der Waals surface area contributed by atoms with Gasteiger partial charge in [0.05, 0.1) is 11.4 Å². The fourth-order valence-electron chi connectivity index (χ4n) is 2.11. The second kappa shape index (κ2) is 6.50. The fourth-order valence-corrected chi connectivity index (χ4v) is 2.11. The smallest absolute Gasteiger partial charge is 0.266 e. The molecule has 110 valence electrons. The van der Waals surface area contributed by atoms with Gasteiger partial charge in [0.1, 0.15) is 17.3 Å². The van der Waals surface area contributed by atoms with Gasteiger partial charge in [-0.1, -0.05) is 48.5 Å².